The van der Waals surface area contributed by atoms with Crippen molar-refractivity contribution in [2.45, 2.75) is 32.7 Å². The highest BCUT2D eigenvalue weighted by molar-refractivity contribution is 5.86. The van der Waals surface area contributed by atoms with Crippen LogP contribution in [0, 0.1) is 5.41 Å². The van der Waals surface area contributed by atoms with Crippen molar-refractivity contribution in [1.29, 1.82) is 0 Å². The van der Waals surface area contributed by atoms with E-state index in [0.29, 0.717) is 12.0 Å². The molecule has 2 atom stereocenters. The Morgan fingerprint density at radius 1 is 1.19 bits per heavy atom. The maximum atomic E-state index is 4.87. The van der Waals surface area contributed by atoms with Crippen LogP contribution < -0.4 is 5.32 Å². The predicted octanol–water partition coefficient (Wildman–Crippen LogP) is 4.19. The van der Waals surface area contributed by atoms with Crippen molar-refractivity contribution in [3.63, 3.8) is 0 Å². The summed E-state index contributed by atoms with van der Waals surface area (Å²) in [5.74, 6) is 2.13. The Labute approximate surface area is 154 Å². The van der Waals surface area contributed by atoms with Crippen LogP contribution in [0.25, 0.3) is 11.0 Å². The van der Waals surface area contributed by atoms with E-state index in [4.69, 9.17) is 9.97 Å². The maximum absolute atomic E-state index is 4.87. The maximum Gasteiger partial charge on any atom is 0.143 e. The molecular formula is C21H27N5. The first kappa shape index (κ1) is 17.0. The molecule has 2 N–H and O–H groups in total. The van der Waals surface area contributed by atoms with Gasteiger partial charge >= 0.3 is 0 Å². The molecule has 3 heterocycles. The highest BCUT2D eigenvalue weighted by Crippen LogP contribution is 2.44. The molecule has 26 heavy (non-hydrogen) atoms. The van der Waals surface area contributed by atoms with Crippen LogP contribution >= 0.6 is 0 Å². The van der Waals surface area contributed by atoms with Gasteiger partial charge in [-0.15, -0.1) is 0 Å². The van der Waals surface area contributed by atoms with Crippen LogP contribution in [0.2, 0.25) is 0 Å². The van der Waals surface area contributed by atoms with Gasteiger partial charge in [0.2, 0.25) is 0 Å². The molecule has 0 saturated carbocycles. The second-order valence-electron chi connectivity index (χ2n) is 7.98. The van der Waals surface area contributed by atoms with Gasteiger partial charge < -0.3 is 10.3 Å². The molecule has 1 saturated heterocycles. The van der Waals surface area contributed by atoms with Crippen molar-refractivity contribution in [3.8, 4) is 0 Å². The van der Waals surface area contributed by atoms with E-state index in [1.807, 2.05) is 19.3 Å². The zero-order valence-corrected chi connectivity index (χ0v) is 16.0. The standard InChI is InChI=1S/C21H27N5/c1-14(15-8-6-5-7-9-15)26-12-17(21(2,3)13-26)20-24-18(22-4)16-10-11-23-19(16)25-20/h5-11,14,17H,12-13H2,1-4H3,(H2,22,23,24,25)/t14-,17-/m1/s1. The van der Waals surface area contributed by atoms with Crippen molar-refractivity contribution < 1.29 is 0 Å². The second-order valence-corrected chi connectivity index (χ2v) is 7.98. The van der Waals surface area contributed by atoms with E-state index < -0.39 is 0 Å². The largest absolute Gasteiger partial charge is 0.372 e. The molecule has 0 spiro atoms. The number of nitrogens with one attached hydrogen (secondary N) is 2. The van der Waals surface area contributed by atoms with E-state index in [-0.39, 0.29) is 5.41 Å². The molecule has 0 aliphatic carbocycles. The van der Waals surface area contributed by atoms with Crippen LogP contribution in [0.3, 0.4) is 0 Å². The number of nitrogens with zero attached hydrogens (tertiary/aromatic N) is 3. The highest BCUT2D eigenvalue weighted by atomic mass is 15.2. The molecule has 1 fully saturated rings. The number of hydrogen-bond acceptors (Lipinski definition) is 4. The smallest absolute Gasteiger partial charge is 0.143 e. The lowest BCUT2D eigenvalue weighted by Gasteiger charge is -2.26. The van der Waals surface area contributed by atoms with E-state index in [9.17, 15) is 0 Å². The molecule has 1 aromatic carbocycles. The normalized spacial score (nSPS) is 21.2. The van der Waals surface area contributed by atoms with Gasteiger partial charge in [0.25, 0.3) is 0 Å². The molecule has 136 valence electrons. The van der Waals surface area contributed by atoms with E-state index >= 15 is 0 Å². The zero-order valence-electron chi connectivity index (χ0n) is 16.0. The van der Waals surface area contributed by atoms with Crippen molar-refractivity contribution in [2.24, 2.45) is 5.41 Å². The summed E-state index contributed by atoms with van der Waals surface area (Å²) in [4.78, 5) is 15.5. The van der Waals surface area contributed by atoms with Gasteiger partial charge in [-0.3, -0.25) is 4.90 Å². The lowest BCUT2D eigenvalue weighted by atomic mass is 9.81. The number of rotatable bonds is 4. The molecular weight excluding hydrogens is 322 g/mol. The Kier molecular flexibility index (Phi) is 4.19. The van der Waals surface area contributed by atoms with Gasteiger partial charge in [-0.1, -0.05) is 44.2 Å². The fourth-order valence-corrected chi connectivity index (χ4v) is 4.15. The molecule has 5 heteroatoms. The number of H-pyrrole nitrogens is 1. The summed E-state index contributed by atoms with van der Waals surface area (Å²) in [5.41, 5.74) is 2.39. The zero-order chi connectivity index (χ0) is 18.3. The van der Waals surface area contributed by atoms with Crippen molar-refractivity contribution >= 4 is 16.9 Å². The molecule has 0 unspecified atom stereocenters. The van der Waals surface area contributed by atoms with Crippen LogP contribution in [0.15, 0.2) is 42.6 Å². The van der Waals surface area contributed by atoms with Gasteiger partial charge in [0, 0.05) is 38.3 Å². The minimum absolute atomic E-state index is 0.119. The van der Waals surface area contributed by atoms with Gasteiger partial charge in [-0.25, -0.2) is 9.97 Å². The van der Waals surface area contributed by atoms with E-state index in [1.54, 1.807) is 0 Å². The van der Waals surface area contributed by atoms with Crippen molar-refractivity contribution in [1.82, 2.24) is 19.9 Å². The molecule has 2 aromatic heterocycles. The average molecular weight is 349 g/mol. The monoisotopic (exact) mass is 349 g/mol. The average Bonchev–Trinajstić information content (AvgIpc) is 3.24. The number of benzene rings is 1. The highest BCUT2D eigenvalue weighted by Gasteiger charge is 2.43. The van der Waals surface area contributed by atoms with Crippen LogP contribution in [-0.2, 0) is 0 Å². The molecule has 5 nitrogen and oxygen atoms in total. The van der Waals surface area contributed by atoms with Crippen molar-refractivity contribution in [2.75, 3.05) is 25.5 Å². The van der Waals surface area contributed by atoms with Gasteiger partial charge in [-0.2, -0.15) is 0 Å². The first-order valence-electron chi connectivity index (χ1n) is 9.31. The van der Waals surface area contributed by atoms with Gasteiger partial charge in [0.15, 0.2) is 0 Å². The Hall–Kier alpha value is -2.40. The topological polar surface area (TPSA) is 56.8 Å². The van der Waals surface area contributed by atoms with Gasteiger partial charge in [0.05, 0.1) is 5.39 Å². The second kappa shape index (κ2) is 6.40. The third kappa shape index (κ3) is 2.86. The number of aromatic nitrogens is 3. The lowest BCUT2D eigenvalue weighted by molar-refractivity contribution is 0.232. The summed E-state index contributed by atoms with van der Waals surface area (Å²) >= 11 is 0. The lowest BCUT2D eigenvalue weighted by Crippen LogP contribution is -2.26. The summed E-state index contributed by atoms with van der Waals surface area (Å²) in [5, 5.41) is 4.27. The third-order valence-corrected chi connectivity index (χ3v) is 5.78. The summed E-state index contributed by atoms with van der Waals surface area (Å²) in [7, 11) is 1.92. The number of fused-ring (bicyclic) bond motifs is 1. The Balaban J connectivity index is 1.67. The first-order chi connectivity index (χ1) is 12.5. The molecule has 0 bridgehead atoms. The minimum atomic E-state index is 0.119. The molecule has 0 radical (unpaired) electrons. The van der Waals surface area contributed by atoms with Crippen LogP contribution in [0.4, 0.5) is 5.82 Å². The SMILES string of the molecule is CNc1nc([C@H]2CN([C@H](C)c3ccccc3)CC2(C)C)nc2[nH]ccc12. The Morgan fingerprint density at radius 2 is 1.96 bits per heavy atom. The number of hydrogen-bond donors (Lipinski definition) is 2. The quantitative estimate of drug-likeness (QED) is 0.742. The van der Waals surface area contributed by atoms with Crippen LogP contribution in [0.5, 0.6) is 0 Å². The van der Waals surface area contributed by atoms with Crippen LogP contribution in [-0.4, -0.2) is 40.0 Å². The summed E-state index contributed by atoms with van der Waals surface area (Å²) in [6, 6.07) is 13.1. The van der Waals surface area contributed by atoms with Gasteiger partial charge in [0.1, 0.15) is 17.3 Å². The fourth-order valence-electron chi connectivity index (χ4n) is 4.15. The predicted molar refractivity (Wildman–Crippen MR) is 106 cm³/mol. The van der Waals surface area contributed by atoms with E-state index in [0.717, 1.165) is 35.8 Å². The Morgan fingerprint density at radius 3 is 2.69 bits per heavy atom. The summed E-state index contributed by atoms with van der Waals surface area (Å²) in [6.07, 6.45) is 1.92. The van der Waals surface area contributed by atoms with E-state index in [1.165, 1.54) is 5.56 Å². The number of likely N-dealkylation sites (tertiary alicyclic amines) is 1. The number of aromatic amines is 1. The van der Waals surface area contributed by atoms with Gasteiger partial charge in [-0.05, 0) is 24.0 Å². The van der Waals surface area contributed by atoms with E-state index in [2.05, 4.69) is 66.3 Å². The molecule has 4 rings (SSSR count). The van der Waals surface area contributed by atoms with Crippen molar-refractivity contribution in [3.05, 3.63) is 54.0 Å². The summed E-state index contributed by atoms with van der Waals surface area (Å²) in [6.45, 7) is 8.96. The van der Waals surface area contributed by atoms with Crippen LogP contribution in [0.1, 0.15) is 44.1 Å². The first-order valence-corrected chi connectivity index (χ1v) is 9.31. The molecule has 1 aliphatic rings. The molecule has 3 aromatic rings. The minimum Gasteiger partial charge on any atom is -0.372 e. The Bertz CT molecular complexity index is 899. The summed E-state index contributed by atoms with van der Waals surface area (Å²) < 4.78 is 0. The molecule has 0 amide bonds. The third-order valence-electron chi connectivity index (χ3n) is 5.78. The number of anilines is 1. The molecule has 1 aliphatic heterocycles. The fraction of sp³-hybridized carbons (Fsp3) is 0.429.